The molecule has 0 unspecified atom stereocenters. The maximum absolute atomic E-state index is 12.9. The summed E-state index contributed by atoms with van der Waals surface area (Å²) in [6.45, 7) is 8.68. The number of carbonyl (C=O) groups is 3. The molecule has 0 bridgehead atoms. The number of hydrogen-bond donors (Lipinski definition) is 0. The molecule has 0 aliphatic heterocycles. The average Bonchev–Trinajstić information content (AvgIpc) is 2.94. The predicted octanol–water partition coefficient (Wildman–Crippen LogP) is 10.3. The summed E-state index contributed by atoms with van der Waals surface area (Å²) in [5.74, 6) is -1.54. The summed E-state index contributed by atoms with van der Waals surface area (Å²) >= 11 is -4.96. The van der Waals surface area contributed by atoms with E-state index in [4.69, 9.17) is 13.3 Å². The summed E-state index contributed by atoms with van der Waals surface area (Å²) in [7, 11) is 0. The minimum atomic E-state index is -4.96. The van der Waals surface area contributed by atoms with Crippen molar-refractivity contribution in [2.24, 2.45) is 0 Å². The van der Waals surface area contributed by atoms with Crippen molar-refractivity contribution < 1.29 is 45.8 Å². The normalized spacial score (nSPS) is 11.4. The molecule has 0 aromatic rings. The van der Waals surface area contributed by atoms with Crippen molar-refractivity contribution in [3.63, 3.8) is 0 Å². The van der Waals surface area contributed by atoms with Gasteiger partial charge in [0.15, 0.2) is 0 Å². The van der Waals surface area contributed by atoms with E-state index in [1.807, 2.05) is 6.92 Å². The Morgan fingerprint density at radius 2 is 0.659 bits per heavy atom. The molecule has 242 valence electrons. The summed E-state index contributed by atoms with van der Waals surface area (Å²) in [5, 5.41) is 0. The van der Waals surface area contributed by atoms with Crippen molar-refractivity contribution in [2.75, 3.05) is 6.61 Å². The molecule has 41 heavy (non-hydrogen) atoms. The zero-order valence-electron chi connectivity index (χ0n) is 27.2. The molecule has 8 heteroatoms. The first kappa shape index (κ1) is 40.1. The zero-order chi connectivity index (χ0) is 30.4. The SMILES string of the molecule is CCCCCCCCCC(=O)[O][Ti]([O]CCC)([O]C(=O)CCCCCCCCC)[O]C(=O)CCCCCCCCC. The molecule has 0 radical (unpaired) electrons. The molecule has 0 saturated carbocycles. The second kappa shape index (κ2) is 29.2. The van der Waals surface area contributed by atoms with E-state index < -0.39 is 36.0 Å². The molecule has 0 saturated heterocycles. The second-order valence-corrected chi connectivity index (χ2v) is 14.4. The summed E-state index contributed by atoms with van der Waals surface area (Å²) in [4.78, 5) is 38.6. The third-order valence-electron chi connectivity index (χ3n) is 7.15. The van der Waals surface area contributed by atoms with Crippen LogP contribution < -0.4 is 0 Å². The number of rotatable bonds is 30. The van der Waals surface area contributed by atoms with E-state index in [1.165, 1.54) is 57.8 Å². The van der Waals surface area contributed by atoms with Crippen LogP contribution in [0, 0.1) is 0 Å². The van der Waals surface area contributed by atoms with Crippen LogP contribution in [-0.4, -0.2) is 24.5 Å². The molecule has 0 aromatic carbocycles. The van der Waals surface area contributed by atoms with Gasteiger partial charge in [0.1, 0.15) is 0 Å². The van der Waals surface area contributed by atoms with Gasteiger partial charge in [0.2, 0.25) is 0 Å². The first-order valence-corrected chi connectivity index (χ1v) is 19.8. The standard InChI is InChI=1S/3C10H20O2.C3H7O.Ti/c3*1-2-3-4-5-6-7-8-9-10(11)12;1-2-3-4;/h3*2-9H2,1H3,(H,11,12);2-3H2,1H3;/q;;;-1;+4/p-3. The molecule has 0 fully saturated rings. The maximum atomic E-state index is 12.9. The summed E-state index contributed by atoms with van der Waals surface area (Å²) < 4.78 is 23.0. The van der Waals surface area contributed by atoms with Crippen LogP contribution in [0.5, 0.6) is 0 Å². The summed E-state index contributed by atoms with van der Waals surface area (Å²) in [6, 6.07) is 0. The van der Waals surface area contributed by atoms with Crippen molar-refractivity contribution in [2.45, 2.75) is 188 Å². The monoisotopic (exact) mass is 620 g/mol. The van der Waals surface area contributed by atoms with Crippen LogP contribution in [0.25, 0.3) is 0 Å². The molecule has 0 heterocycles. The Balaban J connectivity index is 5.06. The van der Waals surface area contributed by atoms with Gasteiger partial charge in [0.25, 0.3) is 0 Å². The fraction of sp³-hybridized carbons (Fsp3) is 0.909. The van der Waals surface area contributed by atoms with Crippen molar-refractivity contribution in [1.29, 1.82) is 0 Å². The van der Waals surface area contributed by atoms with Gasteiger partial charge in [-0.25, -0.2) is 0 Å². The molecular formula is C33H64O7Ti. The Hall–Kier alpha value is -0.916. The first-order valence-electron chi connectivity index (χ1n) is 17.2. The van der Waals surface area contributed by atoms with Crippen molar-refractivity contribution in [3.8, 4) is 0 Å². The molecule has 0 N–H and O–H groups in total. The number of hydrogen-bond acceptors (Lipinski definition) is 7. The number of unbranched alkanes of at least 4 members (excludes halogenated alkanes) is 18. The van der Waals surface area contributed by atoms with Gasteiger partial charge >= 0.3 is 259 Å². The van der Waals surface area contributed by atoms with Crippen LogP contribution in [-0.2, 0) is 45.8 Å². The molecule has 7 nitrogen and oxygen atoms in total. The third-order valence-corrected chi connectivity index (χ3v) is 10.3. The molecule has 0 rings (SSSR count). The Labute approximate surface area is 257 Å². The van der Waals surface area contributed by atoms with Gasteiger partial charge in [-0.1, -0.05) is 0 Å². The Morgan fingerprint density at radius 1 is 0.390 bits per heavy atom. The van der Waals surface area contributed by atoms with E-state index in [-0.39, 0.29) is 25.9 Å². The molecule has 0 aromatic heterocycles. The quantitative estimate of drug-likeness (QED) is 0.0583. The van der Waals surface area contributed by atoms with E-state index in [0.29, 0.717) is 25.7 Å². The minimum absolute atomic E-state index is 0.195. The summed E-state index contributed by atoms with van der Waals surface area (Å²) in [5.41, 5.74) is 0. The molecule has 0 atom stereocenters. The van der Waals surface area contributed by atoms with Crippen LogP contribution in [0.15, 0.2) is 0 Å². The van der Waals surface area contributed by atoms with Crippen molar-refractivity contribution in [1.82, 2.24) is 0 Å². The van der Waals surface area contributed by atoms with Gasteiger partial charge in [-0.05, 0) is 0 Å². The van der Waals surface area contributed by atoms with E-state index in [0.717, 1.165) is 57.8 Å². The first-order chi connectivity index (χ1) is 19.9. The van der Waals surface area contributed by atoms with Gasteiger partial charge in [-0.3, -0.25) is 0 Å². The van der Waals surface area contributed by atoms with Crippen LogP contribution in [0.3, 0.4) is 0 Å². The van der Waals surface area contributed by atoms with Crippen LogP contribution in [0.1, 0.15) is 188 Å². The van der Waals surface area contributed by atoms with Gasteiger partial charge in [-0.15, -0.1) is 0 Å². The third kappa shape index (κ3) is 25.3. The molecule has 0 amide bonds. The van der Waals surface area contributed by atoms with Gasteiger partial charge in [0.05, 0.1) is 0 Å². The van der Waals surface area contributed by atoms with E-state index in [9.17, 15) is 14.4 Å². The fourth-order valence-corrected chi connectivity index (χ4v) is 7.59. The van der Waals surface area contributed by atoms with Crippen LogP contribution in [0.4, 0.5) is 0 Å². The number of carbonyl (C=O) groups excluding carboxylic acids is 3. The van der Waals surface area contributed by atoms with Gasteiger partial charge in [0, 0.05) is 0 Å². The molecule has 0 spiro atoms. The summed E-state index contributed by atoms with van der Waals surface area (Å²) in [6.07, 6.45) is 23.8. The van der Waals surface area contributed by atoms with E-state index in [1.54, 1.807) is 0 Å². The predicted molar refractivity (Wildman–Crippen MR) is 162 cm³/mol. The van der Waals surface area contributed by atoms with E-state index >= 15 is 0 Å². The Morgan fingerprint density at radius 3 is 0.927 bits per heavy atom. The molecule has 0 aliphatic rings. The fourth-order valence-electron chi connectivity index (χ4n) is 4.63. The Kier molecular flexibility index (Phi) is 28.5. The van der Waals surface area contributed by atoms with E-state index in [2.05, 4.69) is 20.8 Å². The van der Waals surface area contributed by atoms with Gasteiger partial charge in [-0.2, -0.15) is 0 Å². The van der Waals surface area contributed by atoms with Crippen LogP contribution >= 0.6 is 0 Å². The molecular weight excluding hydrogens is 556 g/mol. The topological polar surface area (TPSA) is 88.1 Å². The van der Waals surface area contributed by atoms with Crippen molar-refractivity contribution in [3.05, 3.63) is 0 Å². The van der Waals surface area contributed by atoms with Gasteiger partial charge < -0.3 is 0 Å². The Bertz CT molecular complexity index is 562. The van der Waals surface area contributed by atoms with Crippen molar-refractivity contribution >= 4 is 17.9 Å². The zero-order valence-corrected chi connectivity index (χ0v) is 28.8. The second-order valence-electron chi connectivity index (χ2n) is 11.4. The average molecular weight is 621 g/mol. The van der Waals surface area contributed by atoms with Crippen LogP contribution in [0.2, 0.25) is 0 Å². The molecule has 0 aliphatic carbocycles.